The van der Waals surface area contributed by atoms with E-state index in [1.165, 1.54) is 19.4 Å². The Hall–Kier alpha value is -0.0800. The van der Waals surface area contributed by atoms with Crippen molar-refractivity contribution < 1.29 is 5.11 Å². The Labute approximate surface area is 74.6 Å². The van der Waals surface area contributed by atoms with E-state index in [4.69, 9.17) is 5.11 Å². The largest absolute Gasteiger partial charge is 0.396 e. The summed E-state index contributed by atoms with van der Waals surface area (Å²) in [6.07, 6.45) is 2.57. The van der Waals surface area contributed by atoms with Gasteiger partial charge in [0.1, 0.15) is 0 Å². The van der Waals surface area contributed by atoms with Gasteiger partial charge in [-0.2, -0.15) is 0 Å². The highest BCUT2D eigenvalue weighted by Gasteiger charge is 2.45. The Morgan fingerprint density at radius 3 is 2.50 bits per heavy atom. The number of aliphatic hydroxyl groups excluding tert-OH is 1. The van der Waals surface area contributed by atoms with E-state index in [2.05, 4.69) is 18.7 Å². The summed E-state index contributed by atoms with van der Waals surface area (Å²) in [5.41, 5.74) is 0. The van der Waals surface area contributed by atoms with Crippen LogP contribution in [0.25, 0.3) is 0 Å². The van der Waals surface area contributed by atoms with E-state index in [9.17, 15) is 0 Å². The summed E-state index contributed by atoms with van der Waals surface area (Å²) in [5.74, 6) is 1.46. The van der Waals surface area contributed by atoms with Gasteiger partial charge in [-0.05, 0) is 31.6 Å². The third kappa shape index (κ3) is 1.38. The maximum absolute atomic E-state index is 8.96. The van der Waals surface area contributed by atoms with Crippen LogP contribution in [-0.2, 0) is 0 Å². The first-order valence-corrected chi connectivity index (χ1v) is 5.09. The SMILES string of the molecule is CC1CC(C)N(C2CC2CO)C1. The fraction of sp³-hybridized carbons (Fsp3) is 1.00. The van der Waals surface area contributed by atoms with Gasteiger partial charge in [0.25, 0.3) is 0 Å². The molecule has 4 unspecified atom stereocenters. The predicted octanol–water partition coefficient (Wildman–Crippen LogP) is 1.10. The minimum atomic E-state index is 0.391. The van der Waals surface area contributed by atoms with Crippen LogP contribution in [0, 0.1) is 11.8 Å². The van der Waals surface area contributed by atoms with E-state index in [0.717, 1.165) is 18.0 Å². The zero-order chi connectivity index (χ0) is 8.72. The Morgan fingerprint density at radius 1 is 1.33 bits per heavy atom. The molecule has 2 aliphatic rings. The van der Waals surface area contributed by atoms with E-state index in [-0.39, 0.29) is 0 Å². The molecule has 1 aliphatic carbocycles. The molecule has 0 aromatic rings. The fourth-order valence-electron chi connectivity index (χ4n) is 2.63. The molecule has 1 aliphatic heterocycles. The molecule has 1 saturated carbocycles. The van der Waals surface area contributed by atoms with Crippen molar-refractivity contribution >= 4 is 0 Å². The second-order valence-electron chi connectivity index (χ2n) is 4.63. The molecule has 0 amide bonds. The molecule has 1 heterocycles. The molecule has 0 radical (unpaired) electrons. The maximum atomic E-state index is 8.96. The normalized spacial score (nSPS) is 48.2. The number of likely N-dealkylation sites (tertiary alicyclic amines) is 1. The van der Waals surface area contributed by atoms with Crippen LogP contribution in [0.2, 0.25) is 0 Å². The van der Waals surface area contributed by atoms with Crippen LogP contribution in [0.15, 0.2) is 0 Å². The second-order valence-corrected chi connectivity index (χ2v) is 4.63. The average Bonchev–Trinajstić information content (AvgIpc) is 2.72. The zero-order valence-corrected chi connectivity index (χ0v) is 8.03. The highest BCUT2D eigenvalue weighted by molar-refractivity contribution is 4.99. The van der Waals surface area contributed by atoms with Gasteiger partial charge in [0.05, 0.1) is 0 Å². The Balaban J connectivity index is 1.89. The lowest BCUT2D eigenvalue weighted by molar-refractivity contribution is 0.209. The molecule has 2 fully saturated rings. The first kappa shape index (κ1) is 8.52. The van der Waals surface area contributed by atoms with E-state index in [1.54, 1.807) is 0 Å². The first-order valence-electron chi connectivity index (χ1n) is 5.09. The molecule has 12 heavy (non-hydrogen) atoms. The number of hydrogen-bond acceptors (Lipinski definition) is 2. The van der Waals surface area contributed by atoms with Crippen LogP contribution in [0.4, 0.5) is 0 Å². The number of nitrogens with zero attached hydrogens (tertiary/aromatic N) is 1. The van der Waals surface area contributed by atoms with Gasteiger partial charge < -0.3 is 5.11 Å². The molecule has 0 spiro atoms. The smallest absolute Gasteiger partial charge is 0.0474 e. The fourth-order valence-corrected chi connectivity index (χ4v) is 2.63. The summed E-state index contributed by atoms with van der Waals surface area (Å²) in [5, 5.41) is 8.96. The standard InChI is InChI=1S/C10H19NO/c1-7-3-8(2)11(5-7)10-4-9(10)6-12/h7-10,12H,3-6H2,1-2H3. The van der Waals surface area contributed by atoms with Gasteiger partial charge in [-0.1, -0.05) is 6.92 Å². The van der Waals surface area contributed by atoms with Crippen LogP contribution in [0.1, 0.15) is 26.7 Å². The van der Waals surface area contributed by atoms with Crippen molar-refractivity contribution in [3.05, 3.63) is 0 Å². The molecule has 2 rings (SSSR count). The second kappa shape index (κ2) is 3.00. The lowest BCUT2D eigenvalue weighted by Crippen LogP contribution is -2.30. The van der Waals surface area contributed by atoms with Gasteiger partial charge in [-0.15, -0.1) is 0 Å². The van der Waals surface area contributed by atoms with Crippen molar-refractivity contribution in [2.75, 3.05) is 13.2 Å². The van der Waals surface area contributed by atoms with E-state index in [0.29, 0.717) is 12.5 Å². The molecule has 2 nitrogen and oxygen atoms in total. The van der Waals surface area contributed by atoms with Gasteiger partial charge in [0.2, 0.25) is 0 Å². The van der Waals surface area contributed by atoms with E-state index < -0.39 is 0 Å². The predicted molar refractivity (Wildman–Crippen MR) is 48.9 cm³/mol. The third-order valence-electron chi connectivity index (χ3n) is 3.38. The minimum Gasteiger partial charge on any atom is -0.396 e. The molecule has 1 saturated heterocycles. The summed E-state index contributed by atoms with van der Waals surface area (Å²) in [4.78, 5) is 2.59. The topological polar surface area (TPSA) is 23.5 Å². The molecule has 70 valence electrons. The molecule has 0 aromatic heterocycles. The molecule has 4 atom stereocenters. The quantitative estimate of drug-likeness (QED) is 0.669. The summed E-state index contributed by atoms with van der Waals surface area (Å²) in [6.45, 7) is 6.29. The maximum Gasteiger partial charge on any atom is 0.0474 e. The van der Waals surface area contributed by atoms with E-state index >= 15 is 0 Å². The summed E-state index contributed by atoms with van der Waals surface area (Å²) < 4.78 is 0. The Morgan fingerprint density at radius 2 is 2.08 bits per heavy atom. The van der Waals surface area contributed by atoms with Crippen molar-refractivity contribution in [3.8, 4) is 0 Å². The van der Waals surface area contributed by atoms with Crippen molar-refractivity contribution in [1.29, 1.82) is 0 Å². The van der Waals surface area contributed by atoms with Crippen LogP contribution in [0.3, 0.4) is 0 Å². The number of hydrogen-bond donors (Lipinski definition) is 1. The lowest BCUT2D eigenvalue weighted by atomic mass is 10.1. The van der Waals surface area contributed by atoms with Crippen molar-refractivity contribution in [2.24, 2.45) is 11.8 Å². The molecule has 1 N–H and O–H groups in total. The molecule has 2 heteroatoms. The van der Waals surface area contributed by atoms with Gasteiger partial charge in [-0.25, -0.2) is 0 Å². The van der Waals surface area contributed by atoms with Gasteiger partial charge in [-0.3, -0.25) is 4.90 Å². The summed E-state index contributed by atoms with van der Waals surface area (Å²) in [6, 6.07) is 1.47. The number of aliphatic hydroxyl groups is 1. The number of rotatable bonds is 2. The van der Waals surface area contributed by atoms with E-state index in [1.807, 2.05) is 0 Å². The first-order chi connectivity index (χ1) is 5.72. The molecular formula is C10H19NO. The average molecular weight is 169 g/mol. The molecular weight excluding hydrogens is 150 g/mol. The Bertz CT molecular complexity index is 171. The highest BCUT2D eigenvalue weighted by atomic mass is 16.3. The molecule has 0 bridgehead atoms. The van der Waals surface area contributed by atoms with Crippen LogP contribution >= 0.6 is 0 Å². The molecule has 0 aromatic carbocycles. The summed E-state index contributed by atoms with van der Waals surface area (Å²) >= 11 is 0. The van der Waals surface area contributed by atoms with Gasteiger partial charge >= 0.3 is 0 Å². The Kier molecular flexibility index (Phi) is 2.13. The van der Waals surface area contributed by atoms with Gasteiger partial charge in [0.15, 0.2) is 0 Å². The lowest BCUT2D eigenvalue weighted by Gasteiger charge is -2.20. The van der Waals surface area contributed by atoms with Crippen LogP contribution in [0.5, 0.6) is 0 Å². The van der Waals surface area contributed by atoms with Crippen molar-refractivity contribution in [2.45, 2.75) is 38.8 Å². The summed E-state index contributed by atoms with van der Waals surface area (Å²) in [7, 11) is 0. The van der Waals surface area contributed by atoms with Crippen molar-refractivity contribution in [1.82, 2.24) is 4.90 Å². The third-order valence-corrected chi connectivity index (χ3v) is 3.38. The van der Waals surface area contributed by atoms with Crippen LogP contribution < -0.4 is 0 Å². The monoisotopic (exact) mass is 169 g/mol. The van der Waals surface area contributed by atoms with Crippen LogP contribution in [-0.4, -0.2) is 35.2 Å². The van der Waals surface area contributed by atoms with Gasteiger partial charge in [0, 0.05) is 25.2 Å². The highest BCUT2D eigenvalue weighted by Crippen LogP contribution is 2.40. The zero-order valence-electron chi connectivity index (χ0n) is 8.03. The minimum absolute atomic E-state index is 0.391. The van der Waals surface area contributed by atoms with Crippen molar-refractivity contribution in [3.63, 3.8) is 0 Å².